The molecule has 2 nitrogen and oxygen atoms in total. The molecule has 0 aromatic heterocycles. The van der Waals surface area contributed by atoms with Gasteiger partial charge in [0.25, 0.3) is 0 Å². The van der Waals surface area contributed by atoms with Crippen molar-refractivity contribution in [2.45, 2.75) is 6.92 Å². The second-order valence-corrected chi connectivity index (χ2v) is 4.51. The normalized spacial score (nSPS) is 10.4. The molecule has 0 aliphatic heterocycles. The molecular formula is C15H14ClFO2. The van der Waals surface area contributed by atoms with E-state index in [1.165, 1.54) is 6.07 Å². The Morgan fingerprint density at radius 2 is 1.79 bits per heavy atom. The Balaban J connectivity index is 2.59. The Morgan fingerprint density at radius 3 is 2.37 bits per heavy atom. The summed E-state index contributed by atoms with van der Waals surface area (Å²) in [4.78, 5) is 0. The fourth-order valence-electron chi connectivity index (χ4n) is 2.06. The molecule has 0 aliphatic rings. The Bertz CT molecular complexity index is 611. The van der Waals surface area contributed by atoms with Crippen molar-refractivity contribution in [3.8, 4) is 22.6 Å². The number of hydrogen-bond acceptors (Lipinski definition) is 2. The van der Waals surface area contributed by atoms with E-state index in [2.05, 4.69) is 0 Å². The maximum absolute atomic E-state index is 13.2. The zero-order chi connectivity index (χ0) is 14.0. The maximum Gasteiger partial charge on any atom is 0.164 e. The number of halogens is 2. The van der Waals surface area contributed by atoms with Crippen LogP contribution in [0.15, 0.2) is 30.3 Å². The van der Waals surface area contributed by atoms with Crippen molar-refractivity contribution in [3.05, 3.63) is 46.7 Å². The van der Waals surface area contributed by atoms with Gasteiger partial charge in [0.1, 0.15) is 5.82 Å². The molecule has 0 radical (unpaired) electrons. The molecule has 19 heavy (non-hydrogen) atoms. The minimum absolute atomic E-state index is 0.103. The first-order chi connectivity index (χ1) is 9.08. The van der Waals surface area contributed by atoms with Crippen molar-refractivity contribution >= 4 is 11.6 Å². The Hall–Kier alpha value is -1.74. The largest absolute Gasteiger partial charge is 0.493 e. The second kappa shape index (κ2) is 5.49. The fraction of sp³-hybridized carbons (Fsp3) is 0.200. The summed E-state index contributed by atoms with van der Waals surface area (Å²) in [6.45, 7) is 1.92. The molecule has 0 aliphatic carbocycles. The van der Waals surface area contributed by atoms with Crippen LogP contribution >= 0.6 is 11.6 Å². The first-order valence-electron chi connectivity index (χ1n) is 5.75. The SMILES string of the molecule is COc1ccc(-c2ccc(F)c(Cl)c2)c(C)c1OC. The van der Waals surface area contributed by atoms with E-state index in [1.54, 1.807) is 26.4 Å². The average molecular weight is 281 g/mol. The van der Waals surface area contributed by atoms with Gasteiger partial charge < -0.3 is 9.47 Å². The first-order valence-corrected chi connectivity index (χ1v) is 6.13. The van der Waals surface area contributed by atoms with Crippen LogP contribution < -0.4 is 9.47 Å². The van der Waals surface area contributed by atoms with E-state index in [4.69, 9.17) is 21.1 Å². The molecule has 0 bridgehead atoms. The van der Waals surface area contributed by atoms with E-state index in [9.17, 15) is 4.39 Å². The molecule has 0 amide bonds. The van der Waals surface area contributed by atoms with Crippen molar-refractivity contribution < 1.29 is 13.9 Å². The average Bonchev–Trinajstić information content (AvgIpc) is 2.41. The molecule has 2 rings (SSSR count). The van der Waals surface area contributed by atoms with Crippen LogP contribution in [0.4, 0.5) is 4.39 Å². The van der Waals surface area contributed by atoms with Gasteiger partial charge in [-0.1, -0.05) is 23.7 Å². The Kier molecular flexibility index (Phi) is 3.96. The summed E-state index contributed by atoms with van der Waals surface area (Å²) >= 11 is 5.82. The van der Waals surface area contributed by atoms with Gasteiger partial charge in [-0.05, 0) is 36.2 Å². The molecule has 0 saturated carbocycles. The van der Waals surface area contributed by atoms with Gasteiger partial charge in [0.2, 0.25) is 0 Å². The highest BCUT2D eigenvalue weighted by Gasteiger charge is 2.13. The van der Waals surface area contributed by atoms with Gasteiger partial charge in [-0.25, -0.2) is 4.39 Å². The van der Waals surface area contributed by atoms with Crippen LogP contribution in [-0.4, -0.2) is 14.2 Å². The zero-order valence-corrected chi connectivity index (χ0v) is 11.7. The lowest BCUT2D eigenvalue weighted by atomic mass is 9.99. The van der Waals surface area contributed by atoms with Crippen LogP contribution in [0.1, 0.15) is 5.56 Å². The van der Waals surface area contributed by atoms with E-state index in [1.807, 2.05) is 19.1 Å². The quantitative estimate of drug-likeness (QED) is 0.826. The molecule has 100 valence electrons. The molecule has 0 fully saturated rings. The highest BCUT2D eigenvalue weighted by Crippen LogP contribution is 2.38. The summed E-state index contributed by atoms with van der Waals surface area (Å²) in [6, 6.07) is 8.37. The van der Waals surface area contributed by atoms with E-state index in [-0.39, 0.29) is 5.02 Å². The summed E-state index contributed by atoms with van der Waals surface area (Å²) in [5.74, 6) is 0.904. The van der Waals surface area contributed by atoms with Crippen molar-refractivity contribution in [1.29, 1.82) is 0 Å². The van der Waals surface area contributed by atoms with E-state index >= 15 is 0 Å². The first kappa shape index (κ1) is 13.7. The molecule has 0 saturated heterocycles. The highest BCUT2D eigenvalue weighted by molar-refractivity contribution is 6.31. The van der Waals surface area contributed by atoms with Gasteiger partial charge in [-0.3, -0.25) is 0 Å². The molecular weight excluding hydrogens is 267 g/mol. The van der Waals surface area contributed by atoms with Crippen LogP contribution in [0.2, 0.25) is 5.02 Å². The summed E-state index contributed by atoms with van der Waals surface area (Å²) < 4.78 is 23.8. The lowest BCUT2D eigenvalue weighted by Gasteiger charge is -2.14. The van der Waals surface area contributed by atoms with Crippen LogP contribution in [-0.2, 0) is 0 Å². The summed E-state index contributed by atoms with van der Waals surface area (Å²) in [6.07, 6.45) is 0. The van der Waals surface area contributed by atoms with Gasteiger partial charge >= 0.3 is 0 Å². The second-order valence-electron chi connectivity index (χ2n) is 4.10. The van der Waals surface area contributed by atoms with Gasteiger partial charge in [-0.15, -0.1) is 0 Å². The van der Waals surface area contributed by atoms with Gasteiger partial charge in [0.15, 0.2) is 11.5 Å². The van der Waals surface area contributed by atoms with Gasteiger partial charge in [-0.2, -0.15) is 0 Å². The lowest BCUT2D eigenvalue weighted by Crippen LogP contribution is -1.95. The third-order valence-corrected chi connectivity index (χ3v) is 3.31. The van der Waals surface area contributed by atoms with E-state index < -0.39 is 5.82 Å². The summed E-state index contributed by atoms with van der Waals surface area (Å²) in [5.41, 5.74) is 2.69. The predicted octanol–water partition coefficient (Wildman–Crippen LogP) is 4.47. The number of benzene rings is 2. The number of rotatable bonds is 3. The minimum Gasteiger partial charge on any atom is -0.493 e. The molecule has 0 N–H and O–H groups in total. The lowest BCUT2D eigenvalue weighted by molar-refractivity contribution is 0.353. The van der Waals surface area contributed by atoms with Crippen molar-refractivity contribution in [2.24, 2.45) is 0 Å². The van der Waals surface area contributed by atoms with Crippen LogP contribution in [0.3, 0.4) is 0 Å². The van der Waals surface area contributed by atoms with Crippen molar-refractivity contribution in [3.63, 3.8) is 0 Å². The highest BCUT2D eigenvalue weighted by atomic mass is 35.5. The topological polar surface area (TPSA) is 18.5 Å². The van der Waals surface area contributed by atoms with E-state index in [0.29, 0.717) is 11.5 Å². The monoisotopic (exact) mass is 280 g/mol. The third kappa shape index (κ3) is 2.51. The molecule has 0 unspecified atom stereocenters. The number of hydrogen-bond donors (Lipinski definition) is 0. The fourth-order valence-corrected chi connectivity index (χ4v) is 2.24. The molecule has 0 atom stereocenters. The van der Waals surface area contributed by atoms with Gasteiger partial charge in [0.05, 0.1) is 19.2 Å². The molecule has 2 aromatic carbocycles. The molecule has 0 heterocycles. The number of methoxy groups -OCH3 is 2. The Morgan fingerprint density at radius 1 is 1.05 bits per heavy atom. The maximum atomic E-state index is 13.2. The standard InChI is InChI=1S/C15H14ClFO2/c1-9-11(5-7-14(18-2)15(9)19-3)10-4-6-13(17)12(16)8-10/h4-8H,1-3H3. The van der Waals surface area contributed by atoms with Crippen LogP contribution in [0.25, 0.3) is 11.1 Å². The predicted molar refractivity (Wildman–Crippen MR) is 74.7 cm³/mol. The molecule has 2 aromatic rings. The number of ether oxygens (including phenoxy) is 2. The molecule has 4 heteroatoms. The minimum atomic E-state index is -0.427. The summed E-state index contributed by atoms with van der Waals surface area (Å²) in [7, 11) is 3.18. The van der Waals surface area contributed by atoms with Gasteiger partial charge in [0, 0.05) is 5.56 Å². The van der Waals surface area contributed by atoms with Crippen molar-refractivity contribution in [2.75, 3.05) is 14.2 Å². The summed E-state index contributed by atoms with van der Waals surface area (Å²) in [5, 5.41) is 0.103. The Labute approximate surface area is 116 Å². The zero-order valence-electron chi connectivity index (χ0n) is 11.0. The van der Waals surface area contributed by atoms with E-state index in [0.717, 1.165) is 16.7 Å². The van der Waals surface area contributed by atoms with Crippen LogP contribution in [0.5, 0.6) is 11.5 Å². The molecule has 0 spiro atoms. The smallest absolute Gasteiger partial charge is 0.164 e. The van der Waals surface area contributed by atoms with Crippen molar-refractivity contribution in [1.82, 2.24) is 0 Å². The third-order valence-electron chi connectivity index (χ3n) is 3.02. The van der Waals surface area contributed by atoms with Crippen LogP contribution in [0, 0.1) is 12.7 Å².